The van der Waals surface area contributed by atoms with Gasteiger partial charge < -0.3 is 9.55 Å². The molecule has 0 saturated heterocycles. The second-order valence-corrected chi connectivity index (χ2v) is 3.62. The van der Waals surface area contributed by atoms with Crippen LogP contribution in [0.4, 0.5) is 0 Å². The number of aryl methyl sites for hydroxylation is 1. The van der Waals surface area contributed by atoms with Crippen molar-refractivity contribution in [2.75, 3.05) is 0 Å². The summed E-state index contributed by atoms with van der Waals surface area (Å²) in [6.45, 7) is 2.03. The molecular formula is C13H10IrN3-. The van der Waals surface area contributed by atoms with Crippen LogP contribution >= 0.6 is 0 Å². The largest absolute Gasteiger partial charge is 0.404 e. The Morgan fingerprint density at radius 1 is 1.06 bits per heavy atom. The standard InChI is InChI=1S/C13H10N3.Ir/c1-10-13-11(5-4-8-15-13)9-16(10)12-6-2-3-7-14-12;/h2-8H,1H3;/q-1;. The maximum absolute atomic E-state index is 4.35. The van der Waals surface area contributed by atoms with Gasteiger partial charge in [-0.1, -0.05) is 36.2 Å². The van der Waals surface area contributed by atoms with Crippen molar-refractivity contribution in [1.82, 2.24) is 14.5 Å². The van der Waals surface area contributed by atoms with Gasteiger partial charge in [0, 0.05) is 32.5 Å². The predicted octanol–water partition coefficient (Wildman–Crippen LogP) is 2.53. The molecule has 3 aromatic rings. The number of rotatable bonds is 1. The van der Waals surface area contributed by atoms with E-state index in [1.165, 1.54) is 0 Å². The molecule has 0 unspecified atom stereocenters. The Balaban J connectivity index is 0.00000108. The summed E-state index contributed by atoms with van der Waals surface area (Å²) in [5.74, 6) is 0.873. The normalized spacial score (nSPS) is 10.2. The molecule has 0 aromatic carbocycles. The zero-order valence-electron chi connectivity index (χ0n) is 9.22. The Labute approximate surface area is 113 Å². The maximum atomic E-state index is 4.35. The summed E-state index contributed by atoms with van der Waals surface area (Å²) in [7, 11) is 0. The van der Waals surface area contributed by atoms with E-state index in [1.54, 1.807) is 12.4 Å². The molecule has 4 heteroatoms. The molecule has 17 heavy (non-hydrogen) atoms. The number of pyridine rings is 2. The molecule has 0 bridgehead atoms. The fourth-order valence-corrected chi connectivity index (χ4v) is 1.81. The first-order chi connectivity index (χ1) is 7.86. The third-order valence-electron chi connectivity index (χ3n) is 2.60. The summed E-state index contributed by atoms with van der Waals surface area (Å²) in [6.07, 6.45) is 6.85. The molecule has 0 aliphatic rings. The van der Waals surface area contributed by atoms with Crippen molar-refractivity contribution < 1.29 is 20.1 Å². The Morgan fingerprint density at radius 3 is 2.59 bits per heavy atom. The van der Waals surface area contributed by atoms with E-state index in [0.29, 0.717) is 0 Å². The van der Waals surface area contributed by atoms with Crippen LogP contribution in [0, 0.1) is 13.1 Å². The Kier molecular flexibility index (Phi) is 3.36. The first-order valence-corrected chi connectivity index (χ1v) is 5.13. The SMILES string of the molecule is Cc1c2ncccc2[c-]n1-c1ccccn1.[Ir]. The molecule has 87 valence electrons. The number of fused-ring (bicyclic) bond motifs is 1. The van der Waals surface area contributed by atoms with Crippen molar-refractivity contribution in [2.45, 2.75) is 6.92 Å². The molecule has 0 saturated carbocycles. The summed E-state index contributed by atoms with van der Waals surface area (Å²) in [4.78, 5) is 8.66. The van der Waals surface area contributed by atoms with Gasteiger partial charge in [0.05, 0.1) is 5.82 Å². The minimum absolute atomic E-state index is 0. The molecule has 3 nitrogen and oxygen atoms in total. The van der Waals surface area contributed by atoms with Gasteiger partial charge in [-0.2, -0.15) is 0 Å². The summed E-state index contributed by atoms with van der Waals surface area (Å²) < 4.78 is 1.94. The van der Waals surface area contributed by atoms with Crippen LogP contribution in [0.1, 0.15) is 5.69 Å². The van der Waals surface area contributed by atoms with E-state index in [2.05, 4.69) is 16.2 Å². The average molecular weight is 400 g/mol. The van der Waals surface area contributed by atoms with E-state index >= 15 is 0 Å². The third-order valence-corrected chi connectivity index (χ3v) is 2.60. The van der Waals surface area contributed by atoms with Gasteiger partial charge in [-0.05, 0) is 17.8 Å². The Bertz CT molecular complexity index is 631. The molecular weight excluding hydrogens is 390 g/mol. The van der Waals surface area contributed by atoms with Crippen LogP contribution in [-0.2, 0) is 20.1 Å². The number of hydrogen-bond donors (Lipinski definition) is 0. The molecule has 0 amide bonds. The van der Waals surface area contributed by atoms with Gasteiger partial charge in [0.15, 0.2) is 0 Å². The van der Waals surface area contributed by atoms with E-state index in [0.717, 1.165) is 22.4 Å². The molecule has 0 aliphatic heterocycles. The number of hydrogen-bond acceptors (Lipinski definition) is 2. The van der Waals surface area contributed by atoms with Crippen molar-refractivity contribution in [3.63, 3.8) is 0 Å². The van der Waals surface area contributed by atoms with E-state index < -0.39 is 0 Å². The second kappa shape index (κ2) is 4.78. The van der Waals surface area contributed by atoms with Crippen LogP contribution in [0.25, 0.3) is 16.7 Å². The van der Waals surface area contributed by atoms with Crippen LogP contribution in [0.15, 0.2) is 42.7 Å². The molecule has 0 atom stereocenters. The first-order valence-electron chi connectivity index (χ1n) is 5.13. The van der Waals surface area contributed by atoms with Gasteiger partial charge in [0.25, 0.3) is 0 Å². The van der Waals surface area contributed by atoms with Crippen LogP contribution in [-0.4, -0.2) is 14.5 Å². The third kappa shape index (κ3) is 2.02. The van der Waals surface area contributed by atoms with Gasteiger partial charge in [0.2, 0.25) is 0 Å². The average Bonchev–Trinajstić information content (AvgIpc) is 2.69. The fourth-order valence-electron chi connectivity index (χ4n) is 1.81. The first kappa shape index (κ1) is 12.0. The van der Waals surface area contributed by atoms with Crippen molar-refractivity contribution in [3.8, 4) is 5.82 Å². The van der Waals surface area contributed by atoms with Gasteiger partial charge in [-0.15, -0.1) is 6.07 Å². The fraction of sp³-hybridized carbons (Fsp3) is 0.0769. The van der Waals surface area contributed by atoms with Crippen molar-refractivity contribution >= 4 is 10.9 Å². The van der Waals surface area contributed by atoms with E-state index in [1.807, 2.05) is 41.8 Å². The molecule has 1 radical (unpaired) electrons. The Morgan fingerprint density at radius 2 is 1.88 bits per heavy atom. The summed E-state index contributed by atoms with van der Waals surface area (Å²) >= 11 is 0. The van der Waals surface area contributed by atoms with Crippen molar-refractivity contribution in [1.29, 1.82) is 0 Å². The molecule has 3 rings (SSSR count). The monoisotopic (exact) mass is 401 g/mol. The van der Waals surface area contributed by atoms with Crippen LogP contribution in [0.2, 0.25) is 0 Å². The van der Waals surface area contributed by atoms with Crippen molar-refractivity contribution in [3.05, 3.63) is 54.6 Å². The quantitative estimate of drug-likeness (QED) is 0.588. The molecule has 0 N–H and O–H groups in total. The van der Waals surface area contributed by atoms with E-state index in [4.69, 9.17) is 0 Å². The Hall–Kier alpha value is -1.51. The van der Waals surface area contributed by atoms with Crippen molar-refractivity contribution in [2.24, 2.45) is 0 Å². The predicted molar refractivity (Wildman–Crippen MR) is 62.4 cm³/mol. The van der Waals surface area contributed by atoms with Gasteiger partial charge in [-0.25, -0.2) is 0 Å². The summed E-state index contributed by atoms with van der Waals surface area (Å²) in [6, 6.07) is 9.76. The minimum atomic E-state index is 0. The molecule has 3 aromatic heterocycles. The van der Waals surface area contributed by atoms with Gasteiger partial charge in [0.1, 0.15) is 0 Å². The topological polar surface area (TPSA) is 30.7 Å². The zero-order valence-corrected chi connectivity index (χ0v) is 11.6. The number of aromatic nitrogens is 3. The van der Waals surface area contributed by atoms with E-state index in [9.17, 15) is 0 Å². The van der Waals surface area contributed by atoms with Crippen LogP contribution < -0.4 is 0 Å². The van der Waals surface area contributed by atoms with Gasteiger partial charge >= 0.3 is 0 Å². The minimum Gasteiger partial charge on any atom is -0.404 e. The smallest absolute Gasteiger partial charge is 0.0708 e. The summed E-state index contributed by atoms with van der Waals surface area (Å²) in [5, 5.41) is 1.02. The molecule has 0 aliphatic carbocycles. The zero-order chi connectivity index (χ0) is 11.0. The van der Waals surface area contributed by atoms with Crippen LogP contribution in [0.3, 0.4) is 0 Å². The van der Waals surface area contributed by atoms with Crippen LogP contribution in [0.5, 0.6) is 0 Å². The van der Waals surface area contributed by atoms with Gasteiger partial charge in [-0.3, -0.25) is 4.98 Å². The maximum Gasteiger partial charge on any atom is 0.0708 e. The second-order valence-electron chi connectivity index (χ2n) is 3.62. The molecule has 3 heterocycles. The number of nitrogens with zero attached hydrogens (tertiary/aromatic N) is 3. The molecule has 0 fully saturated rings. The summed E-state index contributed by atoms with van der Waals surface area (Å²) in [5.41, 5.74) is 2.04. The molecule has 0 spiro atoms. The van der Waals surface area contributed by atoms with E-state index in [-0.39, 0.29) is 20.1 Å².